The molecule has 0 atom stereocenters. The van der Waals surface area contributed by atoms with Crippen molar-refractivity contribution in [1.82, 2.24) is 15.1 Å². The zero-order valence-electron chi connectivity index (χ0n) is 8.79. The standard InChI is InChI=1S/C10H17N3O/c1-3-4-11-7-10(14)5-9-6-12-13(2)8-9/h6,8,11H,3-5,7H2,1-2H3. The van der Waals surface area contributed by atoms with Gasteiger partial charge in [0.25, 0.3) is 0 Å². The van der Waals surface area contributed by atoms with E-state index in [1.54, 1.807) is 10.9 Å². The van der Waals surface area contributed by atoms with Gasteiger partial charge in [-0.2, -0.15) is 5.10 Å². The monoisotopic (exact) mass is 195 g/mol. The summed E-state index contributed by atoms with van der Waals surface area (Å²) in [5, 5.41) is 7.10. The second-order valence-electron chi connectivity index (χ2n) is 3.41. The molecule has 1 heterocycles. The highest BCUT2D eigenvalue weighted by Gasteiger charge is 2.04. The number of nitrogens with one attached hydrogen (secondary N) is 1. The van der Waals surface area contributed by atoms with Gasteiger partial charge in [-0.1, -0.05) is 6.92 Å². The largest absolute Gasteiger partial charge is 0.310 e. The Hall–Kier alpha value is -1.16. The molecule has 0 aliphatic carbocycles. The van der Waals surface area contributed by atoms with Gasteiger partial charge in [-0.3, -0.25) is 9.48 Å². The lowest BCUT2D eigenvalue weighted by atomic mass is 10.2. The molecule has 1 aromatic heterocycles. The summed E-state index contributed by atoms with van der Waals surface area (Å²) in [6, 6.07) is 0. The molecule has 78 valence electrons. The van der Waals surface area contributed by atoms with Gasteiger partial charge in [0.2, 0.25) is 0 Å². The summed E-state index contributed by atoms with van der Waals surface area (Å²) in [4.78, 5) is 11.4. The third-order valence-electron chi connectivity index (χ3n) is 1.91. The van der Waals surface area contributed by atoms with Gasteiger partial charge in [0, 0.05) is 19.7 Å². The molecule has 0 amide bonds. The predicted octanol–water partition coefficient (Wildman–Crippen LogP) is 0.531. The van der Waals surface area contributed by atoms with Crippen LogP contribution in [0.4, 0.5) is 0 Å². The van der Waals surface area contributed by atoms with Crippen molar-refractivity contribution in [1.29, 1.82) is 0 Å². The molecule has 0 unspecified atom stereocenters. The molecular weight excluding hydrogens is 178 g/mol. The van der Waals surface area contributed by atoms with Gasteiger partial charge in [-0.15, -0.1) is 0 Å². The van der Waals surface area contributed by atoms with E-state index in [9.17, 15) is 4.79 Å². The number of aryl methyl sites for hydroxylation is 1. The molecule has 0 spiro atoms. The first kappa shape index (κ1) is 10.9. The van der Waals surface area contributed by atoms with Crippen LogP contribution in [0, 0.1) is 0 Å². The van der Waals surface area contributed by atoms with Gasteiger partial charge in [-0.25, -0.2) is 0 Å². The minimum atomic E-state index is 0.214. The third kappa shape index (κ3) is 3.70. The Morgan fingerprint density at radius 3 is 3.00 bits per heavy atom. The zero-order chi connectivity index (χ0) is 10.4. The Bertz CT molecular complexity index is 293. The van der Waals surface area contributed by atoms with Crippen LogP contribution >= 0.6 is 0 Å². The van der Waals surface area contributed by atoms with Crippen molar-refractivity contribution in [3.63, 3.8) is 0 Å². The highest BCUT2D eigenvalue weighted by atomic mass is 16.1. The minimum Gasteiger partial charge on any atom is -0.310 e. The molecule has 0 saturated heterocycles. The Balaban J connectivity index is 2.27. The van der Waals surface area contributed by atoms with Crippen LogP contribution in [0.1, 0.15) is 18.9 Å². The topological polar surface area (TPSA) is 46.9 Å². The summed E-state index contributed by atoms with van der Waals surface area (Å²) < 4.78 is 1.71. The van der Waals surface area contributed by atoms with E-state index in [1.165, 1.54) is 0 Å². The van der Waals surface area contributed by atoms with E-state index in [0.29, 0.717) is 13.0 Å². The van der Waals surface area contributed by atoms with Crippen molar-refractivity contribution in [2.75, 3.05) is 13.1 Å². The molecule has 1 aromatic rings. The SMILES string of the molecule is CCCNCC(=O)Cc1cnn(C)c1. The third-order valence-corrected chi connectivity index (χ3v) is 1.91. The predicted molar refractivity (Wildman–Crippen MR) is 55.1 cm³/mol. The number of hydrogen-bond acceptors (Lipinski definition) is 3. The molecule has 1 N–H and O–H groups in total. The van der Waals surface area contributed by atoms with Crippen LogP contribution < -0.4 is 5.32 Å². The van der Waals surface area contributed by atoms with Crippen LogP contribution in [0.5, 0.6) is 0 Å². The van der Waals surface area contributed by atoms with Crippen molar-refractivity contribution in [3.05, 3.63) is 18.0 Å². The summed E-state index contributed by atoms with van der Waals surface area (Å²) in [5.74, 6) is 0.214. The first-order valence-corrected chi connectivity index (χ1v) is 4.92. The van der Waals surface area contributed by atoms with E-state index >= 15 is 0 Å². The Morgan fingerprint density at radius 1 is 1.64 bits per heavy atom. The van der Waals surface area contributed by atoms with Gasteiger partial charge in [0.05, 0.1) is 12.7 Å². The lowest BCUT2D eigenvalue weighted by Gasteiger charge is -2.00. The lowest BCUT2D eigenvalue weighted by molar-refractivity contribution is -0.117. The maximum Gasteiger partial charge on any atom is 0.151 e. The number of carbonyl (C=O) groups is 1. The fraction of sp³-hybridized carbons (Fsp3) is 0.600. The highest BCUT2D eigenvalue weighted by Crippen LogP contribution is 1.97. The van der Waals surface area contributed by atoms with Crippen LogP contribution in [-0.2, 0) is 18.3 Å². The first-order chi connectivity index (χ1) is 6.72. The molecule has 0 aliphatic rings. The van der Waals surface area contributed by atoms with Crippen molar-refractivity contribution in [2.45, 2.75) is 19.8 Å². The van der Waals surface area contributed by atoms with E-state index in [0.717, 1.165) is 18.5 Å². The van der Waals surface area contributed by atoms with Crippen molar-refractivity contribution in [3.8, 4) is 0 Å². The molecule has 4 nitrogen and oxygen atoms in total. The molecule has 1 rings (SSSR count). The van der Waals surface area contributed by atoms with Crippen molar-refractivity contribution in [2.24, 2.45) is 7.05 Å². The average Bonchev–Trinajstić information content (AvgIpc) is 2.52. The summed E-state index contributed by atoms with van der Waals surface area (Å²) in [6.45, 7) is 3.44. The molecule has 0 bridgehead atoms. The van der Waals surface area contributed by atoms with Crippen molar-refractivity contribution >= 4 is 5.78 Å². The normalized spacial score (nSPS) is 10.4. The molecule has 0 aromatic carbocycles. The molecule has 0 radical (unpaired) electrons. The molecule has 0 aliphatic heterocycles. The number of Topliss-reactive ketones (excluding diaryl/α,β-unsaturated/α-hetero) is 1. The number of ketones is 1. The van der Waals surface area contributed by atoms with Gasteiger partial charge >= 0.3 is 0 Å². The molecule has 0 fully saturated rings. The Kier molecular flexibility index (Phi) is 4.32. The Morgan fingerprint density at radius 2 is 2.43 bits per heavy atom. The number of aromatic nitrogens is 2. The summed E-state index contributed by atoms with van der Waals surface area (Å²) in [5.41, 5.74) is 0.982. The minimum absolute atomic E-state index is 0.214. The number of nitrogens with zero attached hydrogens (tertiary/aromatic N) is 2. The lowest BCUT2D eigenvalue weighted by Crippen LogP contribution is -2.24. The summed E-state index contributed by atoms with van der Waals surface area (Å²) in [6.07, 6.45) is 5.14. The average molecular weight is 195 g/mol. The number of hydrogen-bond donors (Lipinski definition) is 1. The smallest absolute Gasteiger partial charge is 0.151 e. The number of rotatable bonds is 6. The zero-order valence-corrected chi connectivity index (χ0v) is 8.79. The second kappa shape index (κ2) is 5.54. The summed E-state index contributed by atoms with van der Waals surface area (Å²) >= 11 is 0. The maximum atomic E-state index is 11.4. The van der Waals surface area contributed by atoms with Crippen LogP contribution in [-0.4, -0.2) is 28.7 Å². The quantitative estimate of drug-likeness (QED) is 0.674. The van der Waals surface area contributed by atoms with E-state index in [2.05, 4.69) is 17.3 Å². The van der Waals surface area contributed by atoms with Gasteiger partial charge in [0.1, 0.15) is 0 Å². The van der Waals surface area contributed by atoms with E-state index in [4.69, 9.17) is 0 Å². The molecule has 4 heteroatoms. The van der Waals surface area contributed by atoms with Crippen LogP contribution in [0.25, 0.3) is 0 Å². The first-order valence-electron chi connectivity index (χ1n) is 4.92. The highest BCUT2D eigenvalue weighted by molar-refractivity contribution is 5.82. The van der Waals surface area contributed by atoms with Gasteiger partial charge in [-0.05, 0) is 18.5 Å². The number of carbonyl (C=O) groups excluding carboxylic acids is 1. The van der Waals surface area contributed by atoms with Crippen molar-refractivity contribution < 1.29 is 4.79 Å². The summed E-state index contributed by atoms with van der Waals surface area (Å²) in [7, 11) is 1.85. The molecule has 0 saturated carbocycles. The van der Waals surface area contributed by atoms with Crippen LogP contribution in [0.2, 0.25) is 0 Å². The van der Waals surface area contributed by atoms with E-state index in [1.807, 2.05) is 13.2 Å². The van der Waals surface area contributed by atoms with Gasteiger partial charge in [0.15, 0.2) is 5.78 Å². The van der Waals surface area contributed by atoms with E-state index in [-0.39, 0.29) is 5.78 Å². The van der Waals surface area contributed by atoms with Crippen LogP contribution in [0.15, 0.2) is 12.4 Å². The fourth-order valence-corrected chi connectivity index (χ4v) is 1.26. The van der Waals surface area contributed by atoms with Gasteiger partial charge < -0.3 is 5.32 Å². The second-order valence-corrected chi connectivity index (χ2v) is 3.41. The maximum absolute atomic E-state index is 11.4. The van der Waals surface area contributed by atoms with E-state index < -0.39 is 0 Å². The molecular formula is C10H17N3O. The van der Waals surface area contributed by atoms with Crippen LogP contribution in [0.3, 0.4) is 0 Å². The molecule has 14 heavy (non-hydrogen) atoms. The fourth-order valence-electron chi connectivity index (χ4n) is 1.26. The Labute approximate surface area is 84.3 Å².